The molecule has 2 aromatic rings. The predicted octanol–water partition coefficient (Wildman–Crippen LogP) is 4.78. The minimum atomic E-state index is 0.0677. The van der Waals surface area contributed by atoms with Crippen LogP contribution >= 0.6 is 11.6 Å². The number of ether oxygens (including phenoxy) is 2. The first-order valence-electron chi connectivity index (χ1n) is 10.2. The maximum absolute atomic E-state index is 6.62. The van der Waals surface area contributed by atoms with Crippen LogP contribution in [0.4, 0.5) is 0 Å². The fourth-order valence-electron chi connectivity index (χ4n) is 4.87. The molecule has 0 spiro atoms. The molecule has 0 amide bonds. The first kappa shape index (κ1) is 20.5. The van der Waals surface area contributed by atoms with Gasteiger partial charge in [-0.15, -0.1) is 0 Å². The standard InChI is InChI=1S/C23H30ClN3O2/c1-22(2)10-18(11-23(3,4)26-22)27(13-16-6-5-7-25-12-16)14-17-8-20-21(9-19(17)24)29-15-28-20/h5-9,12,18,26H,10-11,13-15H2,1-4H3. The van der Waals surface area contributed by atoms with E-state index >= 15 is 0 Å². The second-order valence-corrected chi connectivity index (χ2v) is 9.93. The summed E-state index contributed by atoms with van der Waals surface area (Å²) in [6, 6.07) is 8.45. The summed E-state index contributed by atoms with van der Waals surface area (Å²) >= 11 is 6.62. The summed E-state index contributed by atoms with van der Waals surface area (Å²) < 4.78 is 11.1. The molecule has 6 heteroatoms. The normalized spacial score (nSPS) is 20.2. The van der Waals surface area contributed by atoms with Crippen molar-refractivity contribution in [2.24, 2.45) is 0 Å². The van der Waals surface area contributed by atoms with Crippen molar-refractivity contribution in [3.8, 4) is 11.5 Å². The van der Waals surface area contributed by atoms with Crippen LogP contribution in [0.1, 0.15) is 51.7 Å². The topological polar surface area (TPSA) is 46.6 Å². The largest absolute Gasteiger partial charge is 0.454 e. The fraction of sp³-hybridized carbons (Fsp3) is 0.522. The van der Waals surface area contributed by atoms with Gasteiger partial charge in [-0.3, -0.25) is 9.88 Å². The Morgan fingerprint density at radius 3 is 2.45 bits per heavy atom. The van der Waals surface area contributed by atoms with Gasteiger partial charge in [-0.05, 0) is 63.8 Å². The van der Waals surface area contributed by atoms with E-state index < -0.39 is 0 Å². The van der Waals surface area contributed by atoms with Crippen molar-refractivity contribution in [1.82, 2.24) is 15.2 Å². The van der Waals surface area contributed by atoms with E-state index in [1.54, 1.807) is 0 Å². The molecule has 1 fully saturated rings. The van der Waals surface area contributed by atoms with E-state index in [-0.39, 0.29) is 17.9 Å². The molecule has 1 N–H and O–H groups in total. The zero-order chi connectivity index (χ0) is 20.6. The number of piperidine rings is 1. The first-order valence-corrected chi connectivity index (χ1v) is 10.6. The molecule has 0 aliphatic carbocycles. The highest BCUT2D eigenvalue weighted by atomic mass is 35.5. The molecule has 1 saturated heterocycles. The Morgan fingerprint density at radius 2 is 1.79 bits per heavy atom. The van der Waals surface area contributed by atoms with Crippen molar-refractivity contribution in [3.05, 3.63) is 52.8 Å². The Hall–Kier alpha value is -1.82. The molecule has 3 heterocycles. The Balaban J connectivity index is 1.64. The van der Waals surface area contributed by atoms with Gasteiger partial charge in [0.05, 0.1) is 0 Å². The second-order valence-electron chi connectivity index (χ2n) is 9.52. The molecule has 0 saturated carbocycles. The smallest absolute Gasteiger partial charge is 0.231 e. The number of fused-ring (bicyclic) bond motifs is 1. The Kier molecular flexibility index (Phi) is 5.49. The first-order chi connectivity index (χ1) is 13.7. The van der Waals surface area contributed by atoms with Gasteiger partial charge in [-0.1, -0.05) is 17.7 Å². The minimum absolute atomic E-state index is 0.0677. The van der Waals surface area contributed by atoms with E-state index in [1.165, 1.54) is 5.56 Å². The Labute approximate surface area is 178 Å². The van der Waals surface area contributed by atoms with Gasteiger partial charge in [0.25, 0.3) is 0 Å². The zero-order valence-corrected chi connectivity index (χ0v) is 18.4. The average molecular weight is 416 g/mol. The van der Waals surface area contributed by atoms with Crippen LogP contribution < -0.4 is 14.8 Å². The highest BCUT2D eigenvalue weighted by Gasteiger charge is 2.40. The average Bonchev–Trinajstić information content (AvgIpc) is 3.06. The summed E-state index contributed by atoms with van der Waals surface area (Å²) in [4.78, 5) is 6.84. The molecule has 1 aromatic heterocycles. The molecule has 0 bridgehead atoms. The van der Waals surface area contributed by atoms with Crippen LogP contribution in [0.3, 0.4) is 0 Å². The van der Waals surface area contributed by atoms with Crippen molar-refractivity contribution in [2.75, 3.05) is 6.79 Å². The van der Waals surface area contributed by atoms with E-state index in [1.807, 2.05) is 30.6 Å². The number of halogens is 1. The number of nitrogens with zero attached hydrogens (tertiary/aromatic N) is 2. The lowest BCUT2D eigenvalue weighted by Crippen LogP contribution is -2.62. The van der Waals surface area contributed by atoms with Crippen LogP contribution in [0.2, 0.25) is 5.02 Å². The lowest BCUT2D eigenvalue weighted by Gasteiger charge is -2.49. The van der Waals surface area contributed by atoms with Gasteiger partial charge in [0.15, 0.2) is 11.5 Å². The maximum atomic E-state index is 6.62. The Morgan fingerprint density at radius 1 is 1.10 bits per heavy atom. The molecule has 4 rings (SSSR count). The summed E-state index contributed by atoms with van der Waals surface area (Å²) in [5.74, 6) is 1.50. The van der Waals surface area contributed by atoms with Crippen molar-refractivity contribution in [3.63, 3.8) is 0 Å². The molecule has 0 radical (unpaired) electrons. The number of rotatable bonds is 5. The van der Waals surface area contributed by atoms with Crippen LogP contribution in [0, 0.1) is 0 Å². The van der Waals surface area contributed by atoms with Gasteiger partial charge in [0, 0.05) is 53.7 Å². The number of hydrogen-bond acceptors (Lipinski definition) is 5. The molecule has 0 unspecified atom stereocenters. The lowest BCUT2D eigenvalue weighted by molar-refractivity contribution is 0.0563. The molecule has 1 aromatic carbocycles. The van der Waals surface area contributed by atoms with Crippen LogP contribution in [-0.2, 0) is 13.1 Å². The number of hydrogen-bond donors (Lipinski definition) is 1. The van der Waals surface area contributed by atoms with Gasteiger partial charge in [0.2, 0.25) is 6.79 Å². The third kappa shape index (κ3) is 4.85. The molecule has 2 aliphatic heterocycles. The highest BCUT2D eigenvalue weighted by Crippen LogP contribution is 2.39. The third-order valence-electron chi connectivity index (χ3n) is 5.71. The van der Waals surface area contributed by atoms with E-state index in [0.717, 1.165) is 48.0 Å². The van der Waals surface area contributed by atoms with Gasteiger partial charge in [0.1, 0.15) is 0 Å². The van der Waals surface area contributed by atoms with E-state index in [9.17, 15) is 0 Å². The molecular weight excluding hydrogens is 386 g/mol. The summed E-state index contributed by atoms with van der Waals surface area (Å²) in [7, 11) is 0. The molecule has 156 valence electrons. The number of aromatic nitrogens is 1. The zero-order valence-electron chi connectivity index (χ0n) is 17.7. The summed E-state index contributed by atoms with van der Waals surface area (Å²) in [5.41, 5.74) is 2.41. The fourth-order valence-corrected chi connectivity index (χ4v) is 5.08. The monoisotopic (exact) mass is 415 g/mol. The molecule has 2 aliphatic rings. The molecule has 0 atom stereocenters. The van der Waals surface area contributed by atoms with Crippen LogP contribution in [0.25, 0.3) is 0 Å². The van der Waals surface area contributed by atoms with Crippen molar-refractivity contribution >= 4 is 11.6 Å². The van der Waals surface area contributed by atoms with Gasteiger partial charge >= 0.3 is 0 Å². The predicted molar refractivity (Wildman–Crippen MR) is 115 cm³/mol. The third-order valence-corrected chi connectivity index (χ3v) is 6.06. The van der Waals surface area contributed by atoms with E-state index in [2.05, 4.69) is 49.0 Å². The van der Waals surface area contributed by atoms with Gasteiger partial charge < -0.3 is 14.8 Å². The quantitative estimate of drug-likeness (QED) is 0.761. The molecule has 29 heavy (non-hydrogen) atoms. The maximum Gasteiger partial charge on any atom is 0.231 e. The number of pyridine rings is 1. The second kappa shape index (κ2) is 7.78. The lowest BCUT2D eigenvalue weighted by atomic mass is 9.79. The van der Waals surface area contributed by atoms with E-state index in [0.29, 0.717) is 6.04 Å². The van der Waals surface area contributed by atoms with E-state index in [4.69, 9.17) is 21.1 Å². The summed E-state index contributed by atoms with van der Waals surface area (Å²) in [5, 5.41) is 4.51. The van der Waals surface area contributed by atoms with Crippen LogP contribution in [0.5, 0.6) is 11.5 Å². The highest BCUT2D eigenvalue weighted by molar-refractivity contribution is 6.31. The SMILES string of the molecule is CC1(C)CC(N(Cc2cccnc2)Cc2cc3c(cc2Cl)OCO3)CC(C)(C)N1. The summed E-state index contributed by atoms with van der Waals surface area (Å²) in [6.45, 7) is 11.0. The number of nitrogens with one attached hydrogen (secondary N) is 1. The molecular formula is C23H30ClN3O2. The van der Waals surface area contributed by atoms with Crippen molar-refractivity contribution < 1.29 is 9.47 Å². The Bertz CT molecular complexity index is 854. The van der Waals surface area contributed by atoms with Crippen LogP contribution in [0.15, 0.2) is 36.7 Å². The van der Waals surface area contributed by atoms with Crippen molar-refractivity contribution in [2.45, 2.75) is 70.7 Å². The van der Waals surface area contributed by atoms with Gasteiger partial charge in [-0.2, -0.15) is 0 Å². The van der Waals surface area contributed by atoms with Gasteiger partial charge in [-0.25, -0.2) is 0 Å². The van der Waals surface area contributed by atoms with Crippen molar-refractivity contribution in [1.29, 1.82) is 0 Å². The van der Waals surface area contributed by atoms with Crippen LogP contribution in [-0.4, -0.2) is 33.8 Å². The minimum Gasteiger partial charge on any atom is -0.454 e. The summed E-state index contributed by atoms with van der Waals surface area (Å²) in [6.07, 6.45) is 5.91. The molecule has 5 nitrogen and oxygen atoms in total. The number of benzene rings is 1.